The van der Waals surface area contributed by atoms with Crippen molar-refractivity contribution in [2.75, 3.05) is 13.3 Å². The van der Waals surface area contributed by atoms with Crippen LogP contribution in [0, 0.1) is 5.41 Å². The Bertz CT molecular complexity index is 610. The lowest BCUT2D eigenvalue weighted by Gasteiger charge is -2.21. The second-order valence-electron chi connectivity index (χ2n) is 6.00. The Balaban J connectivity index is 1.76. The number of carbonyl (C=O) groups excluding carboxylic acids is 2. The van der Waals surface area contributed by atoms with Gasteiger partial charge in [0.15, 0.2) is 11.5 Å². The predicted octanol–water partition coefficient (Wildman–Crippen LogP) is 1.23. The molecular formula is C15H17NO5. The van der Waals surface area contributed by atoms with E-state index >= 15 is 0 Å². The fraction of sp³-hybridized carbons (Fsp3) is 0.467. The van der Waals surface area contributed by atoms with Gasteiger partial charge in [0.1, 0.15) is 0 Å². The molecule has 0 radical (unpaired) electrons. The number of imide groups is 1. The number of nitrogens with zero attached hydrogens (tertiary/aromatic N) is 1. The summed E-state index contributed by atoms with van der Waals surface area (Å²) < 4.78 is 10.5. The van der Waals surface area contributed by atoms with E-state index in [9.17, 15) is 14.7 Å². The number of hydrogen-bond donors (Lipinski definition) is 1. The molecule has 1 unspecified atom stereocenters. The van der Waals surface area contributed by atoms with Crippen LogP contribution in [0.3, 0.4) is 0 Å². The van der Waals surface area contributed by atoms with Crippen LogP contribution in [0.15, 0.2) is 18.2 Å². The van der Waals surface area contributed by atoms with E-state index in [4.69, 9.17) is 9.47 Å². The van der Waals surface area contributed by atoms with Crippen molar-refractivity contribution in [3.8, 4) is 11.5 Å². The molecule has 1 aromatic rings. The first-order valence-corrected chi connectivity index (χ1v) is 6.81. The van der Waals surface area contributed by atoms with E-state index in [1.54, 1.807) is 32.0 Å². The zero-order chi connectivity index (χ0) is 15.2. The Morgan fingerprint density at radius 1 is 1.29 bits per heavy atom. The van der Waals surface area contributed by atoms with E-state index in [1.807, 2.05) is 0 Å². The lowest BCUT2D eigenvalue weighted by molar-refractivity contribution is -0.142. The summed E-state index contributed by atoms with van der Waals surface area (Å²) in [7, 11) is 0. The van der Waals surface area contributed by atoms with E-state index in [-0.39, 0.29) is 31.6 Å². The summed E-state index contributed by atoms with van der Waals surface area (Å²) in [6, 6.07) is 5.08. The SMILES string of the molecule is CC1(C)CC(=O)N(CC(O)c2ccc3c(c2)OCO3)C1=O. The first-order valence-electron chi connectivity index (χ1n) is 6.81. The Morgan fingerprint density at radius 3 is 2.67 bits per heavy atom. The Labute approximate surface area is 122 Å². The monoisotopic (exact) mass is 291 g/mol. The molecule has 2 aliphatic rings. The van der Waals surface area contributed by atoms with Gasteiger partial charge in [-0.15, -0.1) is 0 Å². The van der Waals surface area contributed by atoms with Crippen molar-refractivity contribution in [1.82, 2.24) is 4.90 Å². The maximum atomic E-state index is 12.1. The Morgan fingerprint density at radius 2 is 2.00 bits per heavy atom. The van der Waals surface area contributed by atoms with Gasteiger partial charge in [0, 0.05) is 6.42 Å². The summed E-state index contributed by atoms with van der Waals surface area (Å²) in [5.74, 6) is 0.698. The van der Waals surface area contributed by atoms with Crippen LogP contribution in [0.4, 0.5) is 0 Å². The molecule has 1 N–H and O–H groups in total. The highest BCUT2D eigenvalue weighted by molar-refractivity contribution is 6.05. The minimum atomic E-state index is -0.943. The number of carbonyl (C=O) groups is 2. The molecule has 3 rings (SSSR count). The minimum absolute atomic E-state index is 0.0409. The summed E-state index contributed by atoms with van der Waals surface area (Å²) >= 11 is 0. The molecule has 0 bridgehead atoms. The number of ether oxygens (including phenoxy) is 2. The first kappa shape index (κ1) is 13.9. The first-order chi connectivity index (χ1) is 9.88. The molecule has 1 aromatic carbocycles. The molecule has 6 nitrogen and oxygen atoms in total. The average molecular weight is 291 g/mol. The van der Waals surface area contributed by atoms with Crippen molar-refractivity contribution in [3.63, 3.8) is 0 Å². The number of benzene rings is 1. The summed E-state index contributed by atoms with van der Waals surface area (Å²) in [4.78, 5) is 25.2. The van der Waals surface area contributed by atoms with Gasteiger partial charge in [-0.25, -0.2) is 0 Å². The largest absolute Gasteiger partial charge is 0.454 e. The normalized spacial score (nSPS) is 21.0. The van der Waals surface area contributed by atoms with Crippen LogP contribution in [0.1, 0.15) is 31.9 Å². The van der Waals surface area contributed by atoms with Gasteiger partial charge in [0.05, 0.1) is 18.1 Å². The molecule has 0 aliphatic carbocycles. The smallest absolute Gasteiger partial charge is 0.235 e. The van der Waals surface area contributed by atoms with Crippen LogP contribution in [0.25, 0.3) is 0 Å². The van der Waals surface area contributed by atoms with Crippen LogP contribution in [-0.4, -0.2) is 35.2 Å². The number of hydrogen-bond acceptors (Lipinski definition) is 5. The van der Waals surface area contributed by atoms with Crippen molar-refractivity contribution in [3.05, 3.63) is 23.8 Å². The molecule has 1 saturated heterocycles. The fourth-order valence-corrected chi connectivity index (χ4v) is 2.61. The highest BCUT2D eigenvalue weighted by Gasteiger charge is 2.45. The molecule has 21 heavy (non-hydrogen) atoms. The quantitative estimate of drug-likeness (QED) is 0.848. The molecule has 2 heterocycles. The van der Waals surface area contributed by atoms with Crippen LogP contribution >= 0.6 is 0 Å². The third kappa shape index (κ3) is 2.35. The van der Waals surface area contributed by atoms with E-state index in [2.05, 4.69) is 0 Å². The number of β-amino-alcohol motifs (C(OH)–C–C–N with tert-alkyl or cyclic N) is 1. The van der Waals surface area contributed by atoms with Crippen molar-refractivity contribution in [2.45, 2.75) is 26.4 Å². The molecule has 2 aliphatic heterocycles. The van der Waals surface area contributed by atoms with Gasteiger partial charge in [0.25, 0.3) is 0 Å². The number of amides is 2. The van der Waals surface area contributed by atoms with E-state index in [0.717, 1.165) is 4.90 Å². The van der Waals surface area contributed by atoms with Crippen LogP contribution in [-0.2, 0) is 9.59 Å². The Hall–Kier alpha value is -2.08. The zero-order valence-electron chi connectivity index (χ0n) is 12.0. The Kier molecular flexibility index (Phi) is 3.13. The van der Waals surface area contributed by atoms with E-state index in [1.165, 1.54) is 0 Å². The predicted molar refractivity (Wildman–Crippen MR) is 72.6 cm³/mol. The van der Waals surface area contributed by atoms with Gasteiger partial charge >= 0.3 is 0 Å². The van der Waals surface area contributed by atoms with Crippen LogP contribution in [0.2, 0.25) is 0 Å². The third-order valence-electron chi connectivity index (χ3n) is 3.86. The molecule has 2 amide bonds. The van der Waals surface area contributed by atoms with Gasteiger partial charge in [-0.1, -0.05) is 19.9 Å². The van der Waals surface area contributed by atoms with Gasteiger partial charge in [-0.3, -0.25) is 14.5 Å². The number of aliphatic hydroxyl groups is 1. The molecule has 1 fully saturated rings. The van der Waals surface area contributed by atoms with E-state index in [0.29, 0.717) is 17.1 Å². The summed E-state index contributed by atoms with van der Waals surface area (Å²) in [5.41, 5.74) is -0.101. The van der Waals surface area contributed by atoms with Crippen LogP contribution < -0.4 is 9.47 Å². The average Bonchev–Trinajstić information content (AvgIpc) is 2.96. The maximum Gasteiger partial charge on any atom is 0.235 e. The zero-order valence-corrected chi connectivity index (χ0v) is 12.0. The van der Waals surface area contributed by atoms with Gasteiger partial charge in [-0.05, 0) is 17.7 Å². The third-order valence-corrected chi connectivity index (χ3v) is 3.86. The number of rotatable bonds is 3. The number of fused-ring (bicyclic) bond motifs is 1. The van der Waals surface area contributed by atoms with Crippen molar-refractivity contribution in [2.24, 2.45) is 5.41 Å². The van der Waals surface area contributed by atoms with Gasteiger partial charge in [0.2, 0.25) is 18.6 Å². The molecule has 0 aromatic heterocycles. The minimum Gasteiger partial charge on any atom is -0.454 e. The van der Waals surface area contributed by atoms with Gasteiger partial charge in [-0.2, -0.15) is 0 Å². The van der Waals surface area contributed by atoms with Crippen LogP contribution in [0.5, 0.6) is 11.5 Å². The summed E-state index contributed by atoms with van der Waals surface area (Å²) in [6.45, 7) is 3.59. The molecule has 112 valence electrons. The molecule has 1 atom stereocenters. The molecule has 0 spiro atoms. The second-order valence-corrected chi connectivity index (χ2v) is 6.00. The van der Waals surface area contributed by atoms with Crippen molar-refractivity contribution in [1.29, 1.82) is 0 Å². The van der Waals surface area contributed by atoms with E-state index < -0.39 is 11.5 Å². The highest BCUT2D eigenvalue weighted by Crippen LogP contribution is 2.36. The number of aliphatic hydroxyl groups excluding tert-OH is 1. The molecular weight excluding hydrogens is 274 g/mol. The second kappa shape index (κ2) is 4.73. The van der Waals surface area contributed by atoms with Crippen molar-refractivity contribution < 1.29 is 24.2 Å². The number of likely N-dealkylation sites (tertiary alicyclic amines) is 1. The fourth-order valence-electron chi connectivity index (χ4n) is 2.61. The maximum absolute atomic E-state index is 12.1. The highest BCUT2D eigenvalue weighted by atomic mass is 16.7. The van der Waals surface area contributed by atoms with Gasteiger partial charge < -0.3 is 14.6 Å². The standard InChI is InChI=1S/C15H17NO5/c1-15(2)6-13(18)16(14(15)19)7-10(17)9-3-4-11-12(5-9)21-8-20-11/h3-5,10,17H,6-8H2,1-2H3. The topological polar surface area (TPSA) is 76.1 Å². The lowest BCUT2D eigenvalue weighted by Crippen LogP contribution is -2.36. The molecule has 0 saturated carbocycles. The lowest BCUT2D eigenvalue weighted by atomic mass is 9.92. The van der Waals surface area contributed by atoms with Crippen molar-refractivity contribution >= 4 is 11.8 Å². The summed E-state index contributed by atoms with van der Waals surface area (Å²) in [5, 5.41) is 10.3. The molecule has 6 heteroatoms. The summed E-state index contributed by atoms with van der Waals surface area (Å²) in [6.07, 6.45) is -0.763.